The van der Waals surface area contributed by atoms with E-state index in [1.165, 1.54) is 5.54 Å². The van der Waals surface area contributed by atoms with Crippen LogP contribution in [0.25, 0.3) is 0 Å². The Bertz CT molecular complexity index is 406. The van der Waals surface area contributed by atoms with E-state index in [2.05, 4.69) is 5.32 Å². The molecule has 1 aliphatic rings. The third-order valence-corrected chi connectivity index (χ3v) is 4.05. The van der Waals surface area contributed by atoms with Gasteiger partial charge in [-0.1, -0.05) is 32.4 Å². The van der Waals surface area contributed by atoms with Crippen molar-refractivity contribution in [3.8, 4) is 0 Å². The van der Waals surface area contributed by atoms with Crippen LogP contribution in [0.4, 0.5) is 0 Å². The van der Waals surface area contributed by atoms with Crippen LogP contribution in [0.15, 0.2) is 11.1 Å². The quantitative estimate of drug-likeness (QED) is 0.862. The maximum absolute atomic E-state index is 12.6. The summed E-state index contributed by atoms with van der Waals surface area (Å²) in [6.45, 7) is 9.81. The van der Waals surface area contributed by atoms with Crippen molar-refractivity contribution in [1.29, 1.82) is 0 Å². The van der Waals surface area contributed by atoms with E-state index in [9.17, 15) is 9.59 Å². The van der Waals surface area contributed by atoms with Gasteiger partial charge in [-0.2, -0.15) is 0 Å². The molecule has 1 heterocycles. The van der Waals surface area contributed by atoms with Crippen LogP contribution in [-0.2, 0) is 9.59 Å². The molecule has 0 saturated carbocycles. The molecule has 4 nitrogen and oxygen atoms in total. The van der Waals surface area contributed by atoms with Gasteiger partial charge in [0.05, 0.1) is 0 Å². The molecule has 0 aromatic heterocycles. The van der Waals surface area contributed by atoms with E-state index in [1.807, 2.05) is 27.7 Å². The van der Waals surface area contributed by atoms with Gasteiger partial charge in [0.25, 0.3) is 0 Å². The molecule has 0 aliphatic carbocycles. The maximum atomic E-state index is 12.6. The van der Waals surface area contributed by atoms with E-state index in [1.54, 1.807) is 11.8 Å². The SMILES string of the molecule is CCC1(C)NC(=O)C(C(C)C)N(CC(C)=CCl)C1=O. The van der Waals surface area contributed by atoms with Gasteiger partial charge in [-0.05, 0) is 31.8 Å². The minimum Gasteiger partial charge on any atom is -0.340 e. The predicted octanol–water partition coefficient (Wildman–Crippen LogP) is 2.28. The highest BCUT2D eigenvalue weighted by molar-refractivity contribution is 6.25. The van der Waals surface area contributed by atoms with Crippen LogP contribution in [0.5, 0.6) is 0 Å². The number of nitrogens with one attached hydrogen (secondary N) is 1. The molecule has 1 fully saturated rings. The summed E-state index contributed by atoms with van der Waals surface area (Å²) in [7, 11) is 0. The van der Waals surface area contributed by atoms with Crippen molar-refractivity contribution >= 4 is 23.4 Å². The lowest BCUT2D eigenvalue weighted by atomic mass is 9.88. The first-order chi connectivity index (χ1) is 8.76. The topological polar surface area (TPSA) is 49.4 Å². The highest BCUT2D eigenvalue weighted by atomic mass is 35.5. The number of carbonyl (C=O) groups is 2. The summed E-state index contributed by atoms with van der Waals surface area (Å²) in [6, 6.07) is -0.432. The molecule has 19 heavy (non-hydrogen) atoms. The Labute approximate surface area is 120 Å². The van der Waals surface area contributed by atoms with Gasteiger partial charge in [0.15, 0.2) is 0 Å². The first-order valence-corrected chi connectivity index (χ1v) is 7.09. The summed E-state index contributed by atoms with van der Waals surface area (Å²) < 4.78 is 0. The molecule has 0 bridgehead atoms. The Kier molecular flexibility index (Phi) is 5.02. The zero-order valence-electron chi connectivity index (χ0n) is 12.3. The van der Waals surface area contributed by atoms with Gasteiger partial charge in [0.1, 0.15) is 11.6 Å². The van der Waals surface area contributed by atoms with Crippen molar-refractivity contribution in [2.24, 2.45) is 5.92 Å². The summed E-state index contributed by atoms with van der Waals surface area (Å²) >= 11 is 5.69. The summed E-state index contributed by atoms with van der Waals surface area (Å²) in [5, 5.41) is 2.86. The second kappa shape index (κ2) is 5.95. The van der Waals surface area contributed by atoms with Crippen LogP contribution < -0.4 is 5.32 Å². The molecule has 0 aromatic carbocycles. The molecular weight excluding hydrogens is 264 g/mol. The first kappa shape index (κ1) is 16.0. The number of hydrogen-bond donors (Lipinski definition) is 1. The molecule has 1 rings (SSSR count). The number of rotatable bonds is 4. The Morgan fingerprint density at radius 3 is 2.53 bits per heavy atom. The fourth-order valence-corrected chi connectivity index (χ4v) is 2.43. The fourth-order valence-electron chi connectivity index (χ4n) is 2.36. The van der Waals surface area contributed by atoms with Crippen LogP contribution in [0.2, 0.25) is 0 Å². The Morgan fingerprint density at radius 2 is 2.11 bits per heavy atom. The summed E-state index contributed by atoms with van der Waals surface area (Å²) in [5.74, 6) is -0.0547. The van der Waals surface area contributed by atoms with Gasteiger partial charge in [-0.15, -0.1) is 0 Å². The highest BCUT2D eigenvalue weighted by Gasteiger charge is 2.47. The number of halogens is 1. The fraction of sp³-hybridized carbons (Fsp3) is 0.714. The van der Waals surface area contributed by atoms with Gasteiger partial charge in [0, 0.05) is 12.1 Å². The smallest absolute Gasteiger partial charge is 0.249 e. The van der Waals surface area contributed by atoms with E-state index >= 15 is 0 Å². The van der Waals surface area contributed by atoms with Crippen molar-refractivity contribution in [2.45, 2.75) is 52.6 Å². The molecule has 1 aliphatic heterocycles. The number of nitrogens with zero attached hydrogens (tertiary/aromatic N) is 1. The van der Waals surface area contributed by atoms with Gasteiger partial charge in [0.2, 0.25) is 11.8 Å². The molecule has 0 aromatic rings. The average molecular weight is 287 g/mol. The molecule has 5 heteroatoms. The number of carbonyl (C=O) groups excluding carboxylic acids is 2. The molecule has 1 saturated heterocycles. The Hall–Kier alpha value is -1.03. The van der Waals surface area contributed by atoms with Gasteiger partial charge in [-0.25, -0.2) is 0 Å². The van der Waals surface area contributed by atoms with Gasteiger partial charge < -0.3 is 10.2 Å². The predicted molar refractivity (Wildman–Crippen MR) is 76.8 cm³/mol. The second-order valence-corrected chi connectivity index (χ2v) is 5.97. The van der Waals surface area contributed by atoms with Gasteiger partial charge >= 0.3 is 0 Å². The summed E-state index contributed by atoms with van der Waals surface area (Å²) in [5.41, 5.74) is 1.52. The molecule has 0 radical (unpaired) electrons. The van der Waals surface area contributed by atoms with Crippen molar-refractivity contribution in [1.82, 2.24) is 10.2 Å². The van der Waals surface area contributed by atoms with E-state index in [0.717, 1.165) is 5.57 Å². The number of amides is 2. The molecule has 2 amide bonds. The lowest BCUT2D eigenvalue weighted by Gasteiger charge is -2.45. The third-order valence-electron chi connectivity index (χ3n) is 3.68. The third kappa shape index (κ3) is 3.11. The molecule has 2 atom stereocenters. The van der Waals surface area contributed by atoms with Crippen molar-refractivity contribution in [2.75, 3.05) is 6.54 Å². The van der Waals surface area contributed by atoms with Crippen molar-refractivity contribution in [3.63, 3.8) is 0 Å². The Balaban J connectivity index is 3.14. The van der Waals surface area contributed by atoms with Crippen LogP contribution in [0, 0.1) is 5.92 Å². The lowest BCUT2D eigenvalue weighted by molar-refractivity contribution is -0.155. The minimum atomic E-state index is -0.810. The molecule has 108 valence electrons. The Morgan fingerprint density at radius 1 is 1.53 bits per heavy atom. The molecular formula is C14H23ClN2O2. The number of hydrogen-bond acceptors (Lipinski definition) is 2. The van der Waals surface area contributed by atoms with Crippen LogP contribution in [0.1, 0.15) is 41.0 Å². The zero-order chi connectivity index (χ0) is 14.8. The van der Waals surface area contributed by atoms with Crippen LogP contribution in [0.3, 0.4) is 0 Å². The van der Waals surface area contributed by atoms with E-state index in [4.69, 9.17) is 11.6 Å². The van der Waals surface area contributed by atoms with Crippen molar-refractivity contribution < 1.29 is 9.59 Å². The standard InChI is InChI=1S/C14H23ClN2O2/c1-6-14(5)13(19)17(8-10(4)7-15)11(9(2)3)12(18)16-14/h7,9,11H,6,8H2,1-5H3,(H,16,18). The van der Waals surface area contributed by atoms with Crippen molar-refractivity contribution in [3.05, 3.63) is 11.1 Å². The average Bonchev–Trinajstić information content (AvgIpc) is 2.34. The minimum absolute atomic E-state index is 0.0360. The molecule has 0 spiro atoms. The number of piperazine rings is 1. The first-order valence-electron chi connectivity index (χ1n) is 6.65. The van der Waals surface area contributed by atoms with E-state index in [0.29, 0.717) is 13.0 Å². The largest absolute Gasteiger partial charge is 0.340 e. The summed E-state index contributed by atoms with van der Waals surface area (Å²) in [6.07, 6.45) is 0.572. The maximum Gasteiger partial charge on any atom is 0.249 e. The summed E-state index contributed by atoms with van der Waals surface area (Å²) in [4.78, 5) is 26.6. The lowest BCUT2D eigenvalue weighted by Crippen LogP contribution is -2.70. The molecule has 2 unspecified atom stereocenters. The normalized spacial score (nSPS) is 28.9. The van der Waals surface area contributed by atoms with Crippen LogP contribution >= 0.6 is 11.6 Å². The van der Waals surface area contributed by atoms with Gasteiger partial charge in [-0.3, -0.25) is 9.59 Å². The van der Waals surface area contributed by atoms with E-state index in [-0.39, 0.29) is 17.7 Å². The second-order valence-electron chi connectivity index (χ2n) is 5.75. The molecule has 1 N–H and O–H groups in total. The van der Waals surface area contributed by atoms with E-state index < -0.39 is 11.6 Å². The van der Waals surface area contributed by atoms with Crippen LogP contribution in [-0.4, -0.2) is 34.8 Å². The highest BCUT2D eigenvalue weighted by Crippen LogP contribution is 2.25. The zero-order valence-corrected chi connectivity index (χ0v) is 13.0. The monoisotopic (exact) mass is 286 g/mol.